The molecule has 0 aliphatic rings. The molecule has 4 nitrogen and oxygen atoms in total. The number of hydrogen-bond donors (Lipinski definition) is 0. The summed E-state index contributed by atoms with van der Waals surface area (Å²) in [7, 11) is 0. The van der Waals surface area contributed by atoms with Gasteiger partial charge in [-0.25, -0.2) is 9.97 Å². The van der Waals surface area contributed by atoms with Crippen molar-refractivity contribution >= 4 is 68.4 Å². The van der Waals surface area contributed by atoms with E-state index in [4.69, 9.17) is 32.0 Å². The van der Waals surface area contributed by atoms with Crippen LogP contribution in [-0.4, -0.2) is 9.97 Å². The molecule has 28 heavy (non-hydrogen) atoms. The van der Waals surface area contributed by atoms with Gasteiger partial charge >= 0.3 is 0 Å². The number of hydrogen-bond acceptors (Lipinski definition) is 4. The van der Waals surface area contributed by atoms with E-state index < -0.39 is 0 Å². The van der Waals surface area contributed by atoms with Crippen LogP contribution < -0.4 is 0 Å². The predicted molar refractivity (Wildman–Crippen MR) is 115 cm³/mol. The van der Waals surface area contributed by atoms with Crippen molar-refractivity contribution in [2.75, 3.05) is 0 Å². The summed E-state index contributed by atoms with van der Waals surface area (Å²) in [5, 5.41) is 2.08. The lowest BCUT2D eigenvalue weighted by molar-refractivity contribution is 0.603. The topological polar surface area (TPSA) is 52.1 Å². The zero-order valence-corrected chi connectivity index (χ0v) is 16.0. The first kappa shape index (κ1) is 17.0. The van der Waals surface area contributed by atoms with Gasteiger partial charge in [0, 0.05) is 16.3 Å². The Balaban J connectivity index is 1.75. The number of nitrogens with zero attached hydrogens (tertiary/aromatic N) is 2. The zero-order valence-electron chi connectivity index (χ0n) is 14.5. The average Bonchev–Trinajstić information content (AvgIpc) is 3.24. The lowest BCUT2D eigenvalue weighted by atomic mass is 10.0. The molecular formula is C22H12Cl2N2O2. The summed E-state index contributed by atoms with van der Waals surface area (Å²) in [5.41, 5.74) is 5.42. The van der Waals surface area contributed by atoms with Gasteiger partial charge in [-0.15, -0.1) is 0 Å². The zero-order chi connectivity index (χ0) is 19.4. The van der Waals surface area contributed by atoms with Crippen molar-refractivity contribution in [2.24, 2.45) is 0 Å². The third-order valence-corrected chi connectivity index (χ3v) is 5.15. The van der Waals surface area contributed by atoms with Gasteiger partial charge in [0.25, 0.3) is 0 Å². The van der Waals surface area contributed by atoms with Crippen LogP contribution in [0.25, 0.3) is 56.3 Å². The maximum Gasteiger partial charge on any atom is 0.224 e. The number of fused-ring (bicyclic) bond motifs is 4. The largest absolute Gasteiger partial charge is 0.456 e. The second-order valence-corrected chi connectivity index (χ2v) is 6.97. The van der Waals surface area contributed by atoms with Gasteiger partial charge in [-0.1, -0.05) is 43.0 Å². The molecule has 0 saturated heterocycles. The summed E-state index contributed by atoms with van der Waals surface area (Å²) in [4.78, 5) is 8.23. The first-order valence-corrected chi connectivity index (χ1v) is 9.21. The Labute approximate surface area is 169 Å². The Morgan fingerprint density at radius 2 is 1.50 bits per heavy atom. The third kappa shape index (κ3) is 2.46. The molecule has 6 heteroatoms. The Morgan fingerprint density at radius 1 is 0.821 bits per heavy atom. The van der Waals surface area contributed by atoms with Crippen LogP contribution in [0.4, 0.5) is 0 Å². The predicted octanol–water partition coefficient (Wildman–Crippen LogP) is 7.38. The maximum atomic E-state index is 6.15. The molecule has 0 spiro atoms. The molecule has 2 aromatic carbocycles. The van der Waals surface area contributed by atoms with E-state index in [9.17, 15) is 0 Å². The van der Waals surface area contributed by atoms with Crippen LogP contribution in [0.15, 0.2) is 58.4 Å². The van der Waals surface area contributed by atoms with Gasteiger partial charge in [0.15, 0.2) is 10.7 Å². The summed E-state index contributed by atoms with van der Waals surface area (Å²) < 4.78 is 11.6. The van der Waals surface area contributed by atoms with Gasteiger partial charge in [-0.05, 0) is 53.1 Å². The minimum absolute atomic E-state index is 0.0815. The number of aromatic nitrogens is 2. The molecule has 0 radical (unpaired) electrons. The SMILES string of the molecule is C=Cc1oc2ccc(-c3ccc4oc5c(Cl)nc(Cl)nc5c4c3)cc2c1C=C. The lowest BCUT2D eigenvalue weighted by Gasteiger charge is -2.02. The molecule has 136 valence electrons. The second kappa shape index (κ2) is 6.23. The summed E-state index contributed by atoms with van der Waals surface area (Å²) >= 11 is 12.1. The fraction of sp³-hybridized carbons (Fsp3) is 0. The van der Waals surface area contributed by atoms with Crippen LogP contribution >= 0.6 is 23.2 Å². The van der Waals surface area contributed by atoms with Crippen LogP contribution in [0, 0.1) is 0 Å². The molecule has 0 aliphatic carbocycles. The van der Waals surface area contributed by atoms with E-state index in [1.807, 2.05) is 30.3 Å². The Bertz CT molecular complexity index is 1430. The van der Waals surface area contributed by atoms with Crippen molar-refractivity contribution in [3.63, 3.8) is 0 Å². The minimum Gasteiger partial charge on any atom is -0.456 e. The summed E-state index contributed by atoms with van der Waals surface area (Å²) in [6.45, 7) is 7.69. The van der Waals surface area contributed by atoms with Gasteiger partial charge in [0.1, 0.15) is 22.4 Å². The molecule has 0 fully saturated rings. The normalized spacial score (nSPS) is 11.5. The average molecular weight is 407 g/mol. The molecule has 5 rings (SSSR count). The van der Waals surface area contributed by atoms with E-state index in [2.05, 4.69) is 29.2 Å². The Morgan fingerprint density at radius 3 is 2.18 bits per heavy atom. The standard InChI is InChI=1S/C22H12Cl2N2O2/c1-3-13-14-9-11(5-7-17(14)27-16(13)4-2)12-6-8-18-15(10-12)19-20(28-18)21(23)26-22(24)25-19/h3-10H,1-2H2. The van der Waals surface area contributed by atoms with Gasteiger partial charge < -0.3 is 8.83 Å². The van der Waals surface area contributed by atoms with Crippen molar-refractivity contribution in [3.8, 4) is 11.1 Å². The Hall–Kier alpha value is -3.08. The van der Waals surface area contributed by atoms with Crippen molar-refractivity contribution in [1.29, 1.82) is 0 Å². The summed E-state index contributed by atoms with van der Waals surface area (Å²) in [6.07, 6.45) is 3.47. The molecular weight excluding hydrogens is 395 g/mol. The molecule has 0 unspecified atom stereocenters. The van der Waals surface area contributed by atoms with E-state index in [0.29, 0.717) is 22.4 Å². The monoisotopic (exact) mass is 406 g/mol. The number of halogens is 2. The van der Waals surface area contributed by atoms with Crippen LogP contribution in [-0.2, 0) is 0 Å². The van der Waals surface area contributed by atoms with Crippen LogP contribution in [0.5, 0.6) is 0 Å². The van der Waals surface area contributed by atoms with E-state index in [-0.39, 0.29) is 10.4 Å². The van der Waals surface area contributed by atoms with Crippen LogP contribution in [0.3, 0.4) is 0 Å². The summed E-state index contributed by atoms with van der Waals surface area (Å²) in [6, 6.07) is 11.9. The Kier molecular flexibility index (Phi) is 3.79. The molecule has 3 heterocycles. The van der Waals surface area contributed by atoms with Crippen LogP contribution in [0.1, 0.15) is 11.3 Å². The fourth-order valence-electron chi connectivity index (χ4n) is 3.44. The van der Waals surface area contributed by atoms with E-state index in [0.717, 1.165) is 33.0 Å². The third-order valence-electron chi connectivity index (χ3n) is 4.72. The highest BCUT2D eigenvalue weighted by atomic mass is 35.5. The molecule has 3 aromatic heterocycles. The van der Waals surface area contributed by atoms with Crippen molar-refractivity contribution in [3.05, 3.63) is 71.3 Å². The highest BCUT2D eigenvalue weighted by molar-refractivity contribution is 6.36. The highest BCUT2D eigenvalue weighted by Gasteiger charge is 2.16. The fourth-order valence-corrected chi connectivity index (χ4v) is 3.86. The molecule has 0 N–H and O–H groups in total. The first-order chi connectivity index (χ1) is 13.6. The molecule has 0 aliphatic heterocycles. The van der Waals surface area contributed by atoms with E-state index in [1.165, 1.54) is 0 Å². The van der Waals surface area contributed by atoms with Crippen LogP contribution in [0.2, 0.25) is 10.4 Å². The molecule has 0 saturated carbocycles. The van der Waals surface area contributed by atoms with E-state index >= 15 is 0 Å². The molecule has 5 aromatic rings. The molecule has 0 bridgehead atoms. The maximum absolute atomic E-state index is 6.15. The number of furan rings is 2. The first-order valence-electron chi connectivity index (χ1n) is 8.46. The van der Waals surface area contributed by atoms with Crippen molar-refractivity contribution in [1.82, 2.24) is 9.97 Å². The van der Waals surface area contributed by atoms with E-state index in [1.54, 1.807) is 12.2 Å². The molecule has 0 atom stereocenters. The molecule has 0 amide bonds. The van der Waals surface area contributed by atoms with Gasteiger partial charge in [-0.3, -0.25) is 0 Å². The van der Waals surface area contributed by atoms with Gasteiger partial charge in [0.05, 0.1) is 0 Å². The second-order valence-electron chi connectivity index (χ2n) is 6.27. The lowest BCUT2D eigenvalue weighted by Crippen LogP contribution is -1.83. The van der Waals surface area contributed by atoms with Crippen molar-refractivity contribution in [2.45, 2.75) is 0 Å². The van der Waals surface area contributed by atoms with Crippen molar-refractivity contribution < 1.29 is 8.83 Å². The number of rotatable bonds is 3. The quantitative estimate of drug-likeness (QED) is 0.231. The smallest absolute Gasteiger partial charge is 0.224 e. The van der Waals surface area contributed by atoms with Gasteiger partial charge in [0.2, 0.25) is 5.28 Å². The minimum atomic E-state index is 0.0815. The highest BCUT2D eigenvalue weighted by Crippen LogP contribution is 2.36. The number of benzene rings is 2. The van der Waals surface area contributed by atoms with Gasteiger partial charge in [-0.2, -0.15) is 0 Å². The summed E-state index contributed by atoms with van der Waals surface area (Å²) in [5.74, 6) is 0.708.